The van der Waals surface area contributed by atoms with Gasteiger partial charge in [-0.1, -0.05) is 173 Å². The zero-order valence-electron chi connectivity index (χ0n) is 36.2. The maximum atomic E-state index is 13.8. The average Bonchev–Trinajstić information content (AvgIpc) is 3.54. The molecule has 5 nitrogen and oxygen atoms in total. The molecule has 1 unspecified atom stereocenters. The van der Waals surface area contributed by atoms with Gasteiger partial charge < -0.3 is 19.7 Å². The summed E-state index contributed by atoms with van der Waals surface area (Å²) < 4.78 is 13.7. The van der Waals surface area contributed by atoms with Crippen LogP contribution in [-0.4, -0.2) is 19.1 Å². The van der Waals surface area contributed by atoms with E-state index >= 15 is 0 Å². The number of hydrogen-bond acceptors (Lipinski definition) is 5. The summed E-state index contributed by atoms with van der Waals surface area (Å²) in [7, 11) is 0. The number of hydrogen-bond donors (Lipinski definition) is 1. The summed E-state index contributed by atoms with van der Waals surface area (Å²) in [4.78, 5) is 16.3. The number of nitrogens with zero attached hydrogens (tertiary/aromatic N) is 1. The number of ether oxygens (including phenoxy) is 2. The molecule has 0 amide bonds. The molecule has 0 aliphatic carbocycles. The smallest absolute Gasteiger partial charge is 0.340 e. The van der Waals surface area contributed by atoms with Crippen molar-refractivity contribution in [1.82, 2.24) is 0 Å². The van der Waals surface area contributed by atoms with Crippen molar-refractivity contribution in [3.05, 3.63) is 113 Å². The Morgan fingerprint density at radius 1 is 0.534 bits per heavy atom. The summed E-state index contributed by atoms with van der Waals surface area (Å²) in [6.07, 6.45) is 28.2. The number of para-hydroxylation sites is 1. The third kappa shape index (κ3) is 11.1. The van der Waals surface area contributed by atoms with Gasteiger partial charge in [0.25, 0.3) is 0 Å². The van der Waals surface area contributed by atoms with Crippen LogP contribution in [0.3, 0.4) is 0 Å². The summed E-state index contributed by atoms with van der Waals surface area (Å²) in [5.74, 6) is 1.26. The molecule has 4 aromatic carbocycles. The van der Waals surface area contributed by atoms with Crippen LogP contribution in [0.1, 0.15) is 188 Å². The molecular formula is C53H72N2O3. The van der Waals surface area contributed by atoms with Gasteiger partial charge in [0, 0.05) is 52.9 Å². The summed E-state index contributed by atoms with van der Waals surface area (Å²) >= 11 is 0. The van der Waals surface area contributed by atoms with Crippen molar-refractivity contribution >= 4 is 23.0 Å². The number of carbonyl (C=O) groups is 1. The number of fused-ring (bicyclic) bond motifs is 6. The first-order valence-electron chi connectivity index (χ1n) is 23.5. The lowest BCUT2D eigenvalue weighted by atomic mass is 9.77. The van der Waals surface area contributed by atoms with Gasteiger partial charge in [0.05, 0.1) is 5.56 Å². The minimum Gasteiger partial charge on any atom is -0.456 e. The van der Waals surface area contributed by atoms with Gasteiger partial charge in [-0.25, -0.2) is 4.79 Å². The molecule has 1 N–H and O–H groups in total. The van der Waals surface area contributed by atoms with Crippen LogP contribution >= 0.6 is 0 Å². The first kappa shape index (κ1) is 43.3. The number of nitrogens with one attached hydrogen (secondary N) is 1. The Labute approximate surface area is 351 Å². The second kappa shape index (κ2) is 22.8. The highest BCUT2D eigenvalue weighted by Gasteiger charge is 2.53. The van der Waals surface area contributed by atoms with Gasteiger partial charge >= 0.3 is 5.97 Å². The molecule has 0 aromatic heterocycles. The van der Waals surface area contributed by atoms with E-state index in [1.165, 1.54) is 140 Å². The minimum atomic E-state index is -1.11. The molecule has 5 heteroatoms. The van der Waals surface area contributed by atoms with Crippen molar-refractivity contribution in [3.63, 3.8) is 0 Å². The van der Waals surface area contributed by atoms with E-state index in [0.29, 0.717) is 5.56 Å². The summed E-state index contributed by atoms with van der Waals surface area (Å²) in [5, 5.41) is 3.76. The quantitative estimate of drug-likeness (QED) is 0.0482. The highest BCUT2D eigenvalue weighted by atomic mass is 16.6. The van der Waals surface area contributed by atoms with E-state index in [1.807, 2.05) is 24.3 Å². The van der Waals surface area contributed by atoms with Crippen molar-refractivity contribution in [1.29, 1.82) is 0 Å². The predicted octanol–water partition coefficient (Wildman–Crippen LogP) is 15.6. The normalized spacial score (nSPS) is 15.1. The molecule has 1 atom stereocenters. The fourth-order valence-electron chi connectivity index (χ4n) is 9.11. The van der Waals surface area contributed by atoms with Gasteiger partial charge in [0.15, 0.2) is 5.60 Å². The molecule has 0 fully saturated rings. The van der Waals surface area contributed by atoms with Crippen LogP contribution in [0.15, 0.2) is 84.9 Å². The molecule has 0 bridgehead atoms. The number of rotatable bonds is 27. The Kier molecular flexibility index (Phi) is 17.0. The van der Waals surface area contributed by atoms with Crippen LogP contribution < -0.4 is 15.0 Å². The van der Waals surface area contributed by atoms with Gasteiger partial charge in [-0.05, 0) is 73.7 Å². The fourth-order valence-corrected chi connectivity index (χ4v) is 9.11. The number of carbonyl (C=O) groups excluding carboxylic acids is 1. The van der Waals surface area contributed by atoms with E-state index in [4.69, 9.17) is 9.47 Å². The van der Waals surface area contributed by atoms with E-state index in [-0.39, 0.29) is 5.97 Å². The fraction of sp³-hybridized carbons (Fsp3) is 0.528. The topological polar surface area (TPSA) is 50.8 Å². The minimum absolute atomic E-state index is 0.291. The molecule has 312 valence electrons. The summed E-state index contributed by atoms with van der Waals surface area (Å²) in [6.45, 7) is 8.90. The first-order chi connectivity index (χ1) is 28.6. The zero-order chi connectivity index (χ0) is 40.4. The Morgan fingerprint density at radius 2 is 1.09 bits per heavy atom. The number of benzene rings is 4. The zero-order valence-corrected chi connectivity index (χ0v) is 36.2. The average molecular weight is 785 g/mol. The SMILES string of the molecule is CCCCCCCCCCCCCCCc1cc2c(cc1Nc1ccccc1)C1(OC(=O)c3ccccc31)c1ccc(N(CCCCCC)CCCCCC)cc1O2. The van der Waals surface area contributed by atoms with Crippen LogP contribution in [0.25, 0.3) is 0 Å². The van der Waals surface area contributed by atoms with Gasteiger partial charge in [0.2, 0.25) is 0 Å². The lowest BCUT2D eigenvalue weighted by molar-refractivity contribution is 0.0224. The predicted molar refractivity (Wildman–Crippen MR) is 244 cm³/mol. The number of aryl methyl sites for hydroxylation is 1. The molecule has 0 saturated heterocycles. The maximum Gasteiger partial charge on any atom is 0.340 e. The summed E-state index contributed by atoms with van der Waals surface area (Å²) in [6, 6.07) is 29.4. The van der Waals surface area contributed by atoms with Gasteiger partial charge in [-0.15, -0.1) is 0 Å². The molecule has 0 radical (unpaired) electrons. The molecule has 0 saturated carbocycles. The standard InChI is InChI=1S/C53H72N2O3/c1-4-7-10-13-14-15-16-17-18-19-20-21-23-30-42-39-50-48(41-49(42)54-43-31-24-22-25-32-43)53(46-34-27-26-33-45(46)52(56)58-53)47-36-35-44(40-51(47)57-50)55(37-28-11-8-5-2)38-29-12-9-6-3/h22,24-27,31-36,39-41,54H,4-21,23,28-30,37-38H2,1-3H3. The second-order valence-corrected chi connectivity index (χ2v) is 17.0. The number of esters is 1. The van der Waals surface area contributed by atoms with Crippen molar-refractivity contribution in [3.8, 4) is 11.5 Å². The van der Waals surface area contributed by atoms with Crippen molar-refractivity contribution in [2.75, 3.05) is 23.3 Å². The number of anilines is 3. The third-order valence-electron chi connectivity index (χ3n) is 12.5. The molecule has 6 rings (SSSR count). The molecule has 2 aliphatic heterocycles. The van der Waals surface area contributed by atoms with Gasteiger partial charge in [-0.3, -0.25) is 0 Å². The Morgan fingerprint density at radius 3 is 1.72 bits per heavy atom. The Balaban J connectivity index is 1.26. The second-order valence-electron chi connectivity index (χ2n) is 17.0. The van der Waals surface area contributed by atoms with Crippen molar-refractivity contribution in [2.45, 2.75) is 168 Å². The molecule has 58 heavy (non-hydrogen) atoms. The van der Waals surface area contributed by atoms with E-state index in [2.05, 4.69) is 91.7 Å². The molecule has 1 spiro atoms. The lowest BCUT2D eigenvalue weighted by Crippen LogP contribution is -2.33. The Bertz CT molecular complexity index is 1840. The summed E-state index contributed by atoms with van der Waals surface area (Å²) in [5.41, 5.74) is 6.62. The van der Waals surface area contributed by atoms with E-state index in [0.717, 1.165) is 65.5 Å². The molecule has 4 aromatic rings. The third-order valence-corrected chi connectivity index (χ3v) is 12.5. The lowest BCUT2D eigenvalue weighted by Gasteiger charge is -2.38. The highest BCUT2D eigenvalue weighted by molar-refractivity contribution is 5.97. The van der Waals surface area contributed by atoms with E-state index in [1.54, 1.807) is 0 Å². The first-order valence-corrected chi connectivity index (χ1v) is 23.5. The van der Waals surface area contributed by atoms with Crippen LogP contribution in [0.4, 0.5) is 17.1 Å². The van der Waals surface area contributed by atoms with Gasteiger partial charge in [0.1, 0.15) is 11.5 Å². The van der Waals surface area contributed by atoms with Crippen LogP contribution in [0.2, 0.25) is 0 Å². The van der Waals surface area contributed by atoms with Crippen LogP contribution in [-0.2, 0) is 16.8 Å². The highest BCUT2D eigenvalue weighted by Crippen LogP contribution is 2.57. The van der Waals surface area contributed by atoms with Crippen molar-refractivity contribution < 1.29 is 14.3 Å². The van der Waals surface area contributed by atoms with E-state index < -0.39 is 5.60 Å². The van der Waals surface area contributed by atoms with Crippen LogP contribution in [0, 0.1) is 0 Å². The molecular weight excluding hydrogens is 713 g/mol. The van der Waals surface area contributed by atoms with E-state index in [9.17, 15) is 4.79 Å². The monoisotopic (exact) mass is 785 g/mol. The number of unbranched alkanes of at least 4 members (excludes halogenated alkanes) is 18. The Hall–Kier alpha value is -4.25. The maximum absolute atomic E-state index is 13.8. The van der Waals surface area contributed by atoms with Crippen LogP contribution in [0.5, 0.6) is 11.5 Å². The molecule has 2 aliphatic rings. The largest absolute Gasteiger partial charge is 0.456 e. The van der Waals surface area contributed by atoms with Crippen molar-refractivity contribution in [2.24, 2.45) is 0 Å². The van der Waals surface area contributed by atoms with Gasteiger partial charge in [-0.2, -0.15) is 0 Å². The molecule has 2 heterocycles.